The Balaban J connectivity index is 2.26. The zero-order chi connectivity index (χ0) is 11.8. The Morgan fingerprint density at radius 2 is 1.50 bits per heavy atom. The molecule has 0 aromatic heterocycles. The van der Waals surface area contributed by atoms with Crippen LogP contribution in [-0.2, 0) is 5.41 Å². The lowest BCUT2D eigenvalue weighted by molar-refractivity contribution is 0.589. The van der Waals surface area contributed by atoms with Crippen LogP contribution in [0.15, 0.2) is 29.2 Å². The van der Waals surface area contributed by atoms with Gasteiger partial charge in [-0.25, -0.2) is 0 Å². The van der Waals surface area contributed by atoms with E-state index >= 15 is 0 Å². The van der Waals surface area contributed by atoms with Gasteiger partial charge in [0.15, 0.2) is 0 Å². The van der Waals surface area contributed by atoms with E-state index < -0.39 is 7.20 Å². The SMILES string of the molecule is CC(C)(C)c1ccc(S2(I)CCCC2)cc1. The molecule has 0 aliphatic carbocycles. The van der Waals surface area contributed by atoms with Gasteiger partial charge >= 0.3 is 0 Å². The van der Waals surface area contributed by atoms with Crippen LogP contribution in [0.4, 0.5) is 0 Å². The van der Waals surface area contributed by atoms with Gasteiger partial charge in [0, 0.05) is 0 Å². The maximum Gasteiger partial charge on any atom is -0.00139 e. The molecule has 0 saturated carbocycles. The molecule has 2 rings (SSSR count). The first-order chi connectivity index (χ1) is 7.42. The summed E-state index contributed by atoms with van der Waals surface area (Å²) in [7, 11) is -0.475. The third kappa shape index (κ3) is 2.58. The van der Waals surface area contributed by atoms with E-state index in [2.05, 4.69) is 66.2 Å². The van der Waals surface area contributed by atoms with Crippen molar-refractivity contribution < 1.29 is 0 Å². The van der Waals surface area contributed by atoms with Crippen LogP contribution in [-0.4, -0.2) is 11.5 Å². The minimum Gasteiger partial charge on any atom is -0.160 e. The molecule has 1 aliphatic heterocycles. The first-order valence-corrected chi connectivity index (χ1v) is 10.5. The minimum atomic E-state index is -0.475. The summed E-state index contributed by atoms with van der Waals surface area (Å²) in [5.74, 6) is 2.87. The number of rotatable bonds is 1. The lowest BCUT2D eigenvalue weighted by atomic mass is 9.87. The van der Waals surface area contributed by atoms with Crippen molar-refractivity contribution in [2.45, 2.75) is 43.9 Å². The van der Waals surface area contributed by atoms with Crippen LogP contribution in [0.25, 0.3) is 0 Å². The molecule has 1 fully saturated rings. The van der Waals surface area contributed by atoms with E-state index in [4.69, 9.17) is 0 Å². The fourth-order valence-corrected chi connectivity index (χ4v) is 7.57. The molecule has 1 aliphatic rings. The van der Waals surface area contributed by atoms with Crippen molar-refractivity contribution in [3.63, 3.8) is 0 Å². The predicted molar refractivity (Wildman–Crippen MR) is 84.0 cm³/mol. The van der Waals surface area contributed by atoms with E-state index in [9.17, 15) is 0 Å². The van der Waals surface area contributed by atoms with Crippen molar-refractivity contribution in [2.75, 3.05) is 11.5 Å². The molecule has 0 radical (unpaired) electrons. The first-order valence-electron chi connectivity index (χ1n) is 6.01. The summed E-state index contributed by atoms with van der Waals surface area (Å²) < 4.78 is 0. The second kappa shape index (κ2) is 4.52. The standard InChI is InChI=1S/C14H21IS/c1-14(2,3)12-6-8-13(9-7-12)16(15)10-4-5-11-16/h6-9H,4-5,10-11H2,1-3H3. The highest BCUT2D eigenvalue weighted by atomic mass is 127. The van der Waals surface area contributed by atoms with Crippen LogP contribution in [0.2, 0.25) is 0 Å². The molecule has 1 saturated heterocycles. The lowest BCUT2D eigenvalue weighted by Crippen LogP contribution is -2.10. The Morgan fingerprint density at radius 3 is 1.94 bits per heavy atom. The van der Waals surface area contributed by atoms with Crippen LogP contribution in [0.1, 0.15) is 39.2 Å². The minimum absolute atomic E-state index is 0.280. The normalized spacial score (nSPS) is 22.0. The molecule has 1 aromatic rings. The van der Waals surface area contributed by atoms with E-state index in [0.717, 1.165) is 0 Å². The molecule has 0 N–H and O–H groups in total. The van der Waals surface area contributed by atoms with Gasteiger partial charge < -0.3 is 0 Å². The molecule has 90 valence electrons. The number of hydrogen-bond acceptors (Lipinski definition) is 0. The number of hydrogen-bond donors (Lipinski definition) is 0. The number of benzene rings is 1. The molecule has 0 atom stereocenters. The van der Waals surface area contributed by atoms with Gasteiger partial charge in [-0.15, -0.1) is 0 Å². The van der Waals surface area contributed by atoms with E-state index in [1.807, 2.05) is 0 Å². The quantitative estimate of drug-likeness (QED) is 0.605. The molecule has 1 aromatic carbocycles. The highest BCUT2D eigenvalue weighted by Gasteiger charge is 2.27. The van der Waals surface area contributed by atoms with Crippen LogP contribution in [0.3, 0.4) is 0 Å². The van der Waals surface area contributed by atoms with Gasteiger partial charge in [-0.1, -0.05) is 32.9 Å². The Morgan fingerprint density at radius 1 is 1.00 bits per heavy atom. The summed E-state index contributed by atoms with van der Waals surface area (Å²) in [6.45, 7) is 6.85. The van der Waals surface area contributed by atoms with Gasteiger partial charge in [-0.2, -0.15) is 7.20 Å². The van der Waals surface area contributed by atoms with Crippen LogP contribution >= 0.6 is 28.4 Å². The summed E-state index contributed by atoms with van der Waals surface area (Å²) >= 11 is 2.75. The third-order valence-electron chi connectivity index (χ3n) is 3.33. The molecular weight excluding hydrogens is 327 g/mol. The average molecular weight is 348 g/mol. The van der Waals surface area contributed by atoms with E-state index in [1.54, 1.807) is 4.90 Å². The fourth-order valence-electron chi connectivity index (χ4n) is 2.20. The predicted octanol–water partition coefficient (Wildman–Crippen LogP) is 5.29. The summed E-state index contributed by atoms with van der Waals surface area (Å²) in [6, 6.07) is 9.43. The lowest BCUT2D eigenvalue weighted by Gasteiger charge is -2.29. The summed E-state index contributed by atoms with van der Waals surface area (Å²) in [6.07, 6.45) is 2.86. The molecule has 0 unspecified atom stereocenters. The van der Waals surface area contributed by atoms with Crippen molar-refractivity contribution in [3.05, 3.63) is 29.8 Å². The molecular formula is C14H21IS. The smallest absolute Gasteiger partial charge is 0.00139 e. The summed E-state index contributed by atoms with van der Waals surface area (Å²) in [4.78, 5) is 1.61. The fraction of sp³-hybridized carbons (Fsp3) is 0.571. The van der Waals surface area contributed by atoms with E-state index in [0.29, 0.717) is 0 Å². The van der Waals surface area contributed by atoms with Gasteiger partial charge in [0.25, 0.3) is 0 Å². The zero-order valence-electron chi connectivity index (χ0n) is 10.4. The molecule has 16 heavy (non-hydrogen) atoms. The Bertz CT molecular complexity index is 355. The third-order valence-corrected chi connectivity index (χ3v) is 10.5. The van der Waals surface area contributed by atoms with Crippen LogP contribution in [0, 0.1) is 0 Å². The summed E-state index contributed by atoms with van der Waals surface area (Å²) in [5.41, 5.74) is 1.73. The maximum atomic E-state index is 2.75. The van der Waals surface area contributed by atoms with Gasteiger partial charge in [0.1, 0.15) is 0 Å². The topological polar surface area (TPSA) is 0 Å². The molecule has 0 bridgehead atoms. The van der Waals surface area contributed by atoms with Crippen molar-refractivity contribution in [1.82, 2.24) is 0 Å². The molecule has 2 heteroatoms. The van der Waals surface area contributed by atoms with Gasteiger partial charge in [0.2, 0.25) is 0 Å². The van der Waals surface area contributed by atoms with Gasteiger partial charge in [-0.05, 0) is 73.6 Å². The Kier molecular flexibility index (Phi) is 3.60. The number of halogens is 1. The van der Waals surface area contributed by atoms with Crippen molar-refractivity contribution in [2.24, 2.45) is 0 Å². The van der Waals surface area contributed by atoms with Gasteiger partial charge in [-0.3, -0.25) is 0 Å². The van der Waals surface area contributed by atoms with Crippen LogP contribution < -0.4 is 0 Å². The highest BCUT2D eigenvalue weighted by molar-refractivity contribution is 14.2. The van der Waals surface area contributed by atoms with Crippen molar-refractivity contribution >= 4 is 28.4 Å². The van der Waals surface area contributed by atoms with Gasteiger partial charge in [0.05, 0.1) is 0 Å². The Hall–Kier alpha value is 0.300. The molecule has 0 amide bonds. The maximum absolute atomic E-state index is 2.75. The zero-order valence-corrected chi connectivity index (χ0v) is 13.4. The monoisotopic (exact) mass is 348 g/mol. The summed E-state index contributed by atoms with van der Waals surface area (Å²) in [5, 5.41) is 0. The average Bonchev–Trinajstić information content (AvgIpc) is 2.66. The van der Waals surface area contributed by atoms with E-state index in [1.165, 1.54) is 29.9 Å². The van der Waals surface area contributed by atoms with E-state index in [-0.39, 0.29) is 5.41 Å². The Labute approximate surface area is 113 Å². The largest absolute Gasteiger partial charge is 0.160 e. The second-order valence-corrected chi connectivity index (χ2v) is 13.6. The van der Waals surface area contributed by atoms with Crippen LogP contribution in [0.5, 0.6) is 0 Å². The molecule has 1 heterocycles. The second-order valence-electron chi connectivity index (χ2n) is 5.68. The highest BCUT2D eigenvalue weighted by Crippen LogP contribution is 2.67. The van der Waals surface area contributed by atoms with Crippen molar-refractivity contribution in [1.29, 1.82) is 0 Å². The molecule has 0 spiro atoms. The first kappa shape index (κ1) is 12.7. The van der Waals surface area contributed by atoms with Crippen molar-refractivity contribution in [3.8, 4) is 0 Å². The molecule has 0 nitrogen and oxygen atoms in total.